The van der Waals surface area contributed by atoms with E-state index in [2.05, 4.69) is 36.4 Å². The fourth-order valence-electron chi connectivity index (χ4n) is 1.54. The summed E-state index contributed by atoms with van der Waals surface area (Å²) in [5, 5.41) is 17.1. The zero-order valence-corrected chi connectivity index (χ0v) is 15.1. The normalized spacial score (nSPS) is 12.5. The summed E-state index contributed by atoms with van der Waals surface area (Å²) in [7, 11) is 1.70. The minimum absolute atomic E-state index is 0. The summed E-state index contributed by atoms with van der Waals surface area (Å²) < 4.78 is 0. The average Bonchev–Trinajstić information content (AvgIpc) is 2.43. The molecule has 0 aliphatic carbocycles. The first-order chi connectivity index (χ1) is 9.43. The van der Waals surface area contributed by atoms with Gasteiger partial charge in [0.2, 0.25) is 0 Å². The molecule has 2 N–H and O–H groups in total. The van der Waals surface area contributed by atoms with Crippen LogP contribution in [0.15, 0.2) is 29.3 Å². The van der Waals surface area contributed by atoms with E-state index >= 15 is 0 Å². The fraction of sp³-hybridized carbons (Fsp3) is 0.500. The molecule has 7 heteroatoms. The summed E-state index contributed by atoms with van der Waals surface area (Å²) in [5.41, 5.74) is 0.946. The maximum absolute atomic E-state index is 10.7. The van der Waals surface area contributed by atoms with Crippen LogP contribution in [-0.4, -0.2) is 24.0 Å². The molecule has 0 aliphatic rings. The van der Waals surface area contributed by atoms with Crippen molar-refractivity contribution < 1.29 is 4.92 Å². The Labute approximate surface area is 142 Å². The number of rotatable bonds is 5. The molecule has 0 saturated carbocycles. The van der Waals surface area contributed by atoms with Crippen molar-refractivity contribution in [1.29, 1.82) is 0 Å². The molecule has 0 amide bonds. The van der Waals surface area contributed by atoms with E-state index in [0.29, 0.717) is 24.5 Å². The fourth-order valence-corrected chi connectivity index (χ4v) is 1.54. The summed E-state index contributed by atoms with van der Waals surface area (Å²) in [6.07, 6.45) is 0. The Morgan fingerprint density at radius 1 is 1.38 bits per heavy atom. The molecule has 0 spiro atoms. The Morgan fingerprint density at radius 2 is 2.05 bits per heavy atom. The Balaban J connectivity index is 0.00000400. The van der Waals surface area contributed by atoms with Crippen LogP contribution in [0.4, 0.5) is 5.69 Å². The van der Waals surface area contributed by atoms with Crippen molar-refractivity contribution in [2.24, 2.45) is 10.9 Å². The van der Waals surface area contributed by atoms with Crippen molar-refractivity contribution in [3.63, 3.8) is 0 Å². The molecule has 0 bridgehead atoms. The lowest BCUT2D eigenvalue weighted by atomic mass is 10.1. The second kappa shape index (κ2) is 9.54. The topological polar surface area (TPSA) is 79.6 Å². The lowest BCUT2D eigenvalue weighted by molar-refractivity contribution is -0.384. The van der Waals surface area contributed by atoms with Crippen molar-refractivity contribution >= 4 is 35.6 Å². The third kappa shape index (κ3) is 6.74. The van der Waals surface area contributed by atoms with E-state index < -0.39 is 4.92 Å². The molecule has 0 aromatic heterocycles. The van der Waals surface area contributed by atoms with Crippen molar-refractivity contribution in [3.8, 4) is 0 Å². The first-order valence-corrected chi connectivity index (χ1v) is 6.64. The number of nitrogens with one attached hydrogen (secondary N) is 2. The maximum atomic E-state index is 10.7. The van der Waals surface area contributed by atoms with Gasteiger partial charge >= 0.3 is 0 Å². The molecule has 118 valence electrons. The van der Waals surface area contributed by atoms with Crippen LogP contribution in [-0.2, 0) is 6.54 Å². The lowest BCUT2D eigenvalue weighted by Crippen LogP contribution is -2.43. The predicted molar refractivity (Wildman–Crippen MR) is 96.1 cm³/mol. The van der Waals surface area contributed by atoms with Gasteiger partial charge in [0.15, 0.2) is 5.96 Å². The van der Waals surface area contributed by atoms with Gasteiger partial charge in [-0.05, 0) is 18.4 Å². The van der Waals surface area contributed by atoms with Crippen molar-refractivity contribution in [2.45, 2.75) is 33.4 Å². The lowest BCUT2D eigenvalue weighted by Gasteiger charge is -2.20. The molecular formula is C14H23IN4O2. The number of halogens is 1. The Morgan fingerprint density at radius 3 is 2.57 bits per heavy atom. The monoisotopic (exact) mass is 406 g/mol. The van der Waals surface area contributed by atoms with Crippen LogP contribution in [0.5, 0.6) is 0 Å². The number of hydrogen-bond acceptors (Lipinski definition) is 3. The van der Waals surface area contributed by atoms with Crippen molar-refractivity contribution in [2.75, 3.05) is 7.05 Å². The van der Waals surface area contributed by atoms with Crippen LogP contribution in [0.2, 0.25) is 0 Å². The van der Waals surface area contributed by atoms with E-state index in [1.165, 1.54) is 6.07 Å². The number of nitro groups is 1. The van der Waals surface area contributed by atoms with E-state index in [-0.39, 0.29) is 29.7 Å². The second-order valence-electron chi connectivity index (χ2n) is 5.03. The number of aliphatic imine (C=N–C) groups is 1. The minimum Gasteiger partial charge on any atom is -0.354 e. The van der Waals surface area contributed by atoms with Crippen LogP contribution in [0.1, 0.15) is 26.3 Å². The van der Waals surface area contributed by atoms with Gasteiger partial charge in [-0.25, -0.2) is 0 Å². The highest BCUT2D eigenvalue weighted by molar-refractivity contribution is 14.0. The number of nitro benzene ring substituents is 1. The van der Waals surface area contributed by atoms with Gasteiger partial charge in [0.25, 0.3) is 5.69 Å². The van der Waals surface area contributed by atoms with Gasteiger partial charge < -0.3 is 10.6 Å². The zero-order chi connectivity index (χ0) is 15.1. The smallest absolute Gasteiger partial charge is 0.269 e. The second-order valence-corrected chi connectivity index (χ2v) is 5.03. The zero-order valence-electron chi connectivity index (χ0n) is 12.8. The number of nitrogens with zero attached hydrogens (tertiary/aromatic N) is 2. The van der Waals surface area contributed by atoms with E-state index in [4.69, 9.17) is 0 Å². The van der Waals surface area contributed by atoms with Gasteiger partial charge in [-0.3, -0.25) is 15.1 Å². The maximum Gasteiger partial charge on any atom is 0.269 e. The van der Waals surface area contributed by atoms with Gasteiger partial charge in [-0.15, -0.1) is 24.0 Å². The van der Waals surface area contributed by atoms with Crippen LogP contribution < -0.4 is 10.6 Å². The Hall–Kier alpha value is -1.38. The van der Waals surface area contributed by atoms with Crippen LogP contribution >= 0.6 is 24.0 Å². The van der Waals surface area contributed by atoms with Gasteiger partial charge in [-0.2, -0.15) is 0 Å². The summed E-state index contributed by atoms with van der Waals surface area (Å²) >= 11 is 0. The van der Waals surface area contributed by atoms with E-state index in [9.17, 15) is 10.1 Å². The van der Waals surface area contributed by atoms with Gasteiger partial charge in [0, 0.05) is 31.8 Å². The van der Waals surface area contributed by atoms with Crippen LogP contribution in [0, 0.1) is 16.0 Å². The first kappa shape index (κ1) is 19.6. The molecule has 1 rings (SSSR count). The molecule has 0 aliphatic heterocycles. The van der Waals surface area contributed by atoms with E-state index in [1.54, 1.807) is 19.2 Å². The van der Waals surface area contributed by atoms with Crippen molar-refractivity contribution in [3.05, 3.63) is 39.9 Å². The predicted octanol–water partition coefficient (Wildman–Crippen LogP) is 2.92. The molecule has 0 heterocycles. The van der Waals surface area contributed by atoms with Crippen molar-refractivity contribution in [1.82, 2.24) is 10.6 Å². The third-order valence-corrected chi connectivity index (χ3v) is 3.17. The van der Waals surface area contributed by atoms with Crippen LogP contribution in [0.3, 0.4) is 0 Å². The summed E-state index contributed by atoms with van der Waals surface area (Å²) in [5.74, 6) is 1.18. The van der Waals surface area contributed by atoms with Gasteiger partial charge in [-0.1, -0.05) is 26.0 Å². The first-order valence-electron chi connectivity index (χ1n) is 6.64. The standard InChI is InChI=1S/C14H22N4O2.HI/c1-10(2)11(3)17-14(15-4)16-9-12-6-5-7-13(8-12)18(19)20;/h5-8,10-11H,9H2,1-4H3,(H2,15,16,17);1H. The largest absolute Gasteiger partial charge is 0.354 e. The molecule has 0 fully saturated rings. The highest BCUT2D eigenvalue weighted by Crippen LogP contribution is 2.12. The van der Waals surface area contributed by atoms with Gasteiger partial charge in [0.05, 0.1) is 4.92 Å². The SMILES string of the molecule is CN=C(NCc1cccc([N+](=O)[O-])c1)NC(C)C(C)C.I. The molecule has 1 aromatic carbocycles. The molecular weight excluding hydrogens is 383 g/mol. The molecule has 1 aromatic rings. The molecule has 0 radical (unpaired) electrons. The number of hydrogen-bond donors (Lipinski definition) is 2. The highest BCUT2D eigenvalue weighted by Gasteiger charge is 2.09. The molecule has 1 unspecified atom stereocenters. The van der Waals surface area contributed by atoms with Gasteiger partial charge in [0.1, 0.15) is 0 Å². The summed E-state index contributed by atoms with van der Waals surface area (Å²) in [6.45, 7) is 6.84. The Bertz CT molecular complexity index is 492. The molecule has 21 heavy (non-hydrogen) atoms. The highest BCUT2D eigenvalue weighted by atomic mass is 127. The quantitative estimate of drug-likeness (QED) is 0.259. The summed E-state index contributed by atoms with van der Waals surface area (Å²) in [6, 6.07) is 6.87. The number of guanidine groups is 1. The Kier molecular flexibility index (Phi) is 8.91. The van der Waals surface area contributed by atoms with E-state index in [1.807, 2.05) is 6.07 Å². The molecule has 1 atom stereocenters. The molecule has 6 nitrogen and oxygen atoms in total. The average molecular weight is 406 g/mol. The van der Waals surface area contributed by atoms with E-state index in [0.717, 1.165) is 5.56 Å². The minimum atomic E-state index is -0.391. The number of benzene rings is 1. The summed E-state index contributed by atoms with van der Waals surface area (Å²) in [4.78, 5) is 14.5. The molecule has 0 saturated heterocycles. The van der Waals surface area contributed by atoms with Crippen LogP contribution in [0.25, 0.3) is 0 Å². The number of non-ortho nitro benzene ring substituents is 1. The third-order valence-electron chi connectivity index (χ3n) is 3.17.